The Kier molecular flexibility index (Phi) is 4.54. The molecule has 1 saturated carbocycles. The highest BCUT2D eigenvalue weighted by atomic mass is 15.2. The third kappa shape index (κ3) is 3.26. The Bertz CT molecular complexity index is 476. The largest absolute Gasteiger partial charge is 0.366 e. The van der Waals surface area contributed by atoms with Crippen LogP contribution in [0.2, 0.25) is 0 Å². The number of hydrogen-bond donors (Lipinski definition) is 1. The second-order valence-corrected chi connectivity index (χ2v) is 7.18. The average Bonchev–Trinajstić information content (AvgIpc) is 2.51. The van der Waals surface area contributed by atoms with E-state index in [1.807, 2.05) is 0 Å². The van der Waals surface area contributed by atoms with Gasteiger partial charge in [-0.2, -0.15) is 0 Å². The van der Waals surface area contributed by atoms with Crippen molar-refractivity contribution >= 4 is 5.69 Å². The zero-order valence-corrected chi connectivity index (χ0v) is 13.9. The number of rotatable bonds is 2. The van der Waals surface area contributed by atoms with E-state index in [1.54, 1.807) is 0 Å². The third-order valence-electron chi connectivity index (χ3n) is 5.64. The van der Waals surface area contributed by atoms with Crippen LogP contribution in [0.15, 0.2) is 18.2 Å². The van der Waals surface area contributed by atoms with Gasteiger partial charge in [0.2, 0.25) is 0 Å². The van der Waals surface area contributed by atoms with E-state index in [4.69, 9.17) is 0 Å². The highest BCUT2D eigenvalue weighted by molar-refractivity contribution is 5.52. The maximum Gasteiger partial charge on any atom is 0.0387 e. The fourth-order valence-corrected chi connectivity index (χ4v) is 4.00. The summed E-state index contributed by atoms with van der Waals surface area (Å²) in [5.74, 6) is 0.889. The van der Waals surface area contributed by atoms with Crippen molar-refractivity contribution in [1.82, 2.24) is 5.32 Å². The Morgan fingerprint density at radius 1 is 1.05 bits per heavy atom. The zero-order chi connectivity index (χ0) is 14.8. The summed E-state index contributed by atoms with van der Waals surface area (Å²) >= 11 is 0. The topological polar surface area (TPSA) is 15.3 Å². The molecule has 0 bridgehead atoms. The van der Waals surface area contributed by atoms with Crippen molar-refractivity contribution in [3.05, 3.63) is 29.3 Å². The van der Waals surface area contributed by atoms with E-state index in [2.05, 4.69) is 49.2 Å². The first kappa shape index (κ1) is 14.9. The smallest absolute Gasteiger partial charge is 0.0387 e. The van der Waals surface area contributed by atoms with Crippen molar-refractivity contribution in [2.75, 3.05) is 18.0 Å². The van der Waals surface area contributed by atoms with Crippen LogP contribution >= 0.6 is 0 Å². The molecule has 0 aromatic heterocycles. The summed E-state index contributed by atoms with van der Waals surface area (Å²) < 4.78 is 0. The molecular formula is C19H30N2. The van der Waals surface area contributed by atoms with Gasteiger partial charge in [0.15, 0.2) is 0 Å². The zero-order valence-electron chi connectivity index (χ0n) is 13.9. The van der Waals surface area contributed by atoms with Gasteiger partial charge in [0.1, 0.15) is 0 Å². The maximum absolute atomic E-state index is 3.82. The van der Waals surface area contributed by atoms with E-state index in [9.17, 15) is 0 Å². The molecule has 1 aromatic rings. The Hall–Kier alpha value is -1.02. The molecule has 0 radical (unpaired) electrons. The minimum absolute atomic E-state index is 0.590. The molecule has 1 N–H and O–H groups in total. The van der Waals surface area contributed by atoms with Gasteiger partial charge >= 0.3 is 0 Å². The van der Waals surface area contributed by atoms with Gasteiger partial charge in [-0.3, -0.25) is 0 Å². The van der Waals surface area contributed by atoms with Crippen LogP contribution in [0.1, 0.15) is 50.2 Å². The van der Waals surface area contributed by atoms with Gasteiger partial charge in [-0.05, 0) is 62.8 Å². The van der Waals surface area contributed by atoms with Crippen molar-refractivity contribution in [2.45, 2.75) is 65.0 Å². The summed E-state index contributed by atoms with van der Waals surface area (Å²) in [7, 11) is 0. The molecule has 116 valence electrons. The van der Waals surface area contributed by atoms with E-state index < -0.39 is 0 Å². The number of aryl methyl sites for hydroxylation is 2. The summed E-state index contributed by atoms with van der Waals surface area (Å²) in [6.07, 6.45) is 7.16. The molecule has 2 atom stereocenters. The van der Waals surface area contributed by atoms with Gasteiger partial charge < -0.3 is 10.2 Å². The van der Waals surface area contributed by atoms with E-state index in [0.717, 1.165) is 12.5 Å². The van der Waals surface area contributed by atoms with Crippen LogP contribution in [0, 0.1) is 19.8 Å². The standard InChI is InChI=1S/C19H30N2/c1-14-9-10-18(11-15(14)2)21-13-19(20-12-16(21)3)17-7-5-4-6-8-17/h9-11,16-17,19-20H,4-8,12-13H2,1-3H3. The van der Waals surface area contributed by atoms with Gasteiger partial charge in [0, 0.05) is 30.9 Å². The minimum atomic E-state index is 0.590. The van der Waals surface area contributed by atoms with Gasteiger partial charge in [-0.25, -0.2) is 0 Å². The Morgan fingerprint density at radius 2 is 1.81 bits per heavy atom. The first-order valence-corrected chi connectivity index (χ1v) is 8.72. The molecule has 1 saturated heterocycles. The Morgan fingerprint density at radius 3 is 2.52 bits per heavy atom. The normalized spacial score (nSPS) is 27.9. The van der Waals surface area contributed by atoms with Crippen molar-refractivity contribution in [3.63, 3.8) is 0 Å². The van der Waals surface area contributed by atoms with Gasteiger partial charge in [-0.1, -0.05) is 25.3 Å². The number of piperazine rings is 1. The lowest BCUT2D eigenvalue weighted by atomic mass is 9.82. The summed E-state index contributed by atoms with van der Waals surface area (Å²) in [4.78, 5) is 2.63. The summed E-state index contributed by atoms with van der Waals surface area (Å²) in [5.41, 5.74) is 4.21. The molecule has 1 aromatic carbocycles. The van der Waals surface area contributed by atoms with Crippen LogP contribution in [0.3, 0.4) is 0 Å². The van der Waals surface area contributed by atoms with Crippen LogP contribution < -0.4 is 10.2 Å². The minimum Gasteiger partial charge on any atom is -0.366 e. The highest BCUT2D eigenvalue weighted by Crippen LogP contribution is 2.30. The maximum atomic E-state index is 3.82. The summed E-state index contributed by atoms with van der Waals surface area (Å²) in [6.45, 7) is 9.07. The van der Waals surface area contributed by atoms with E-state index in [0.29, 0.717) is 12.1 Å². The monoisotopic (exact) mass is 286 g/mol. The van der Waals surface area contributed by atoms with Crippen LogP contribution in [0.4, 0.5) is 5.69 Å². The first-order chi connectivity index (χ1) is 10.1. The fourth-order valence-electron chi connectivity index (χ4n) is 4.00. The Labute approximate surface area is 129 Å². The van der Waals surface area contributed by atoms with E-state index in [-0.39, 0.29) is 0 Å². The lowest BCUT2D eigenvalue weighted by molar-refractivity contribution is 0.245. The summed E-state index contributed by atoms with van der Waals surface area (Å²) in [5, 5.41) is 3.82. The molecule has 1 heterocycles. The van der Waals surface area contributed by atoms with Crippen molar-refractivity contribution in [2.24, 2.45) is 5.92 Å². The molecule has 2 unspecified atom stereocenters. The molecule has 0 spiro atoms. The second-order valence-electron chi connectivity index (χ2n) is 7.18. The van der Waals surface area contributed by atoms with E-state index in [1.165, 1.54) is 55.5 Å². The van der Waals surface area contributed by atoms with Crippen molar-refractivity contribution in [1.29, 1.82) is 0 Å². The molecule has 0 amide bonds. The average molecular weight is 286 g/mol. The SMILES string of the molecule is Cc1ccc(N2CC(C3CCCCC3)NCC2C)cc1C. The second kappa shape index (κ2) is 6.39. The lowest BCUT2D eigenvalue weighted by Crippen LogP contribution is -2.58. The van der Waals surface area contributed by atoms with Crippen LogP contribution in [-0.2, 0) is 0 Å². The fraction of sp³-hybridized carbons (Fsp3) is 0.684. The number of anilines is 1. The van der Waals surface area contributed by atoms with E-state index >= 15 is 0 Å². The van der Waals surface area contributed by atoms with Crippen LogP contribution in [0.25, 0.3) is 0 Å². The first-order valence-electron chi connectivity index (χ1n) is 8.72. The number of hydrogen-bond acceptors (Lipinski definition) is 2. The van der Waals surface area contributed by atoms with Gasteiger partial charge in [0.05, 0.1) is 0 Å². The predicted molar refractivity (Wildman–Crippen MR) is 91.1 cm³/mol. The van der Waals surface area contributed by atoms with Crippen molar-refractivity contribution < 1.29 is 0 Å². The molecule has 1 aliphatic heterocycles. The molecule has 2 nitrogen and oxygen atoms in total. The molecule has 2 heteroatoms. The predicted octanol–water partition coefficient (Wildman–Crippen LogP) is 4.05. The number of nitrogens with zero attached hydrogens (tertiary/aromatic N) is 1. The highest BCUT2D eigenvalue weighted by Gasteiger charge is 2.31. The van der Waals surface area contributed by atoms with Gasteiger partial charge in [0.25, 0.3) is 0 Å². The van der Waals surface area contributed by atoms with Crippen LogP contribution in [0.5, 0.6) is 0 Å². The van der Waals surface area contributed by atoms with Gasteiger partial charge in [-0.15, -0.1) is 0 Å². The number of benzene rings is 1. The number of nitrogens with one attached hydrogen (secondary N) is 1. The molecule has 3 rings (SSSR count). The van der Waals surface area contributed by atoms with Crippen LogP contribution in [-0.4, -0.2) is 25.2 Å². The Balaban J connectivity index is 1.74. The van der Waals surface area contributed by atoms with Crippen molar-refractivity contribution in [3.8, 4) is 0 Å². The molecule has 1 aliphatic carbocycles. The third-order valence-corrected chi connectivity index (χ3v) is 5.64. The molecule has 21 heavy (non-hydrogen) atoms. The summed E-state index contributed by atoms with van der Waals surface area (Å²) in [6, 6.07) is 8.22. The quantitative estimate of drug-likeness (QED) is 0.882. The molecule has 2 fully saturated rings. The molecule has 2 aliphatic rings. The lowest BCUT2D eigenvalue weighted by Gasteiger charge is -2.44. The molecular weight excluding hydrogens is 256 g/mol.